The van der Waals surface area contributed by atoms with Crippen LogP contribution in [-0.4, -0.2) is 55.1 Å². The van der Waals surface area contributed by atoms with E-state index in [1.165, 1.54) is 12.1 Å². The smallest absolute Gasteiger partial charge is 0.123 e. The van der Waals surface area contributed by atoms with Crippen LogP contribution in [0, 0.1) is 5.82 Å². The van der Waals surface area contributed by atoms with Crippen molar-refractivity contribution in [3.63, 3.8) is 0 Å². The minimum atomic E-state index is -0.569. The Kier molecular flexibility index (Phi) is 6.00. The first kappa shape index (κ1) is 16.8. The maximum Gasteiger partial charge on any atom is 0.123 e. The van der Waals surface area contributed by atoms with Gasteiger partial charge < -0.3 is 19.5 Å². The molecular formula is C18H26FNO3. The van der Waals surface area contributed by atoms with Gasteiger partial charge in [0.25, 0.3) is 0 Å². The quantitative estimate of drug-likeness (QED) is 0.873. The standard InChI is InChI=1S/C18H26FNO3/c19-15-5-3-14(4-6-15)18(21)12-20-9-7-16(8-10-20)23-13-17-2-1-11-22-17/h3-6,16-18,21H,1-2,7-13H2. The molecule has 1 aromatic rings. The summed E-state index contributed by atoms with van der Waals surface area (Å²) in [6.07, 6.45) is 4.26. The Labute approximate surface area is 137 Å². The molecule has 4 nitrogen and oxygen atoms in total. The van der Waals surface area contributed by atoms with E-state index < -0.39 is 6.10 Å². The number of nitrogens with zero attached hydrogens (tertiary/aromatic N) is 1. The van der Waals surface area contributed by atoms with E-state index in [4.69, 9.17) is 9.47 Å². The van der Waals surface area contributed by atoms with Crippen LogP contribution in [0.25, 0.3) is 0 Å². The van der Waals surface area contributed by atoms with Gasteiger partial charge in [-0.15, -0.1) is 0 Å². The Hall–Kier alpha value is -1.01. The van der Waals surface area contributed by atoms with Crippen molar-refractivity contribution in [3.05, 3.63) is 35.6 Å². The second-order valence-electron chi connectivity index (χ2n) is 6.54. The van der Waals surface area contributed by atoms with Crippen LogP contribution in [0.5, 0.6) is 0 Å². The Bertz CT molecular complexity index is 468. The summed E-state index contributed by atoms with van der Waals surface area (Å²) in [5, 5.41) is 10.3. The molecule has 0 spiro atoms. The molecule has 2 atom stereocenters. The summed E-state index contributed by atoms with van der Waals surface area (Å²) in [6.45, 7) is 4.02. The SMILES string of the molecule is OC(CN1CCC(OCC2CCCO2)CC1)c1ccc(F)cc1. The largest absolute Gasteiger partial charge is 0.387 e. The highest BCUT2D eigenvalue weighted by Gasteiger charge is 2.24. The normalized spacial score (nSPS) is 24.9. The van der Waals surface area contributed by atoms with Gasteiger partial charge in [0.15, 0.2) is 0 Å². The fourth-order valence-corrected chi connectivity index (χ4v) is 3.31. The van der Waals surface area contributed by atoms with E-state index >= 15 is 0 Å². The molecule has 0 bridgehead atoms. The lowest BCUT2D eigenvalue weighted by Gasteiger charge is -2.33. The molecular weight excluding hydrogens is 297 g/mol. The Morgan fingerprint density at radius 1 is 1.22 bits per heavy atom. The molecule has 23 heavy (non-hydrogen) atoms. The van der Waals surface area contributed by atoms with Crippen molar-refractivity contribution < 1.29 is 19.0 Å². The van der Waals surface area contributed by atoms with Crippen molar-refractivity contribution in [3.8, 4) is 0 Å². The van der Waals surface area contributed by atoms with Crippen LogP contribution < -0.4 is 0 Å². The number of hydrogen-bond donors (Lipinski definition) is 1. The van der Waals surface area contributed by atoms with Crippen LogP contribution in [0.1, 0.15) is 37.4 Å². The molecule has 0 amide bonds. The number of piperidine rings is 1. The molecule has 1 N–H and O–H groups in total. The molecule has 0 aromatic heterocycles. The number of aliphatic hydroxyl groups is 1. The van der Waals surface area contributed by atoms with Crippen molar-refractivity contribution in [1.82, 2.24) is 4.90 Å². The summed E-state index contributed by atoms with van der Waals surface area (Å²) in [7, 11) is 0. The van der Waals surface area contributed by atoms with E-state index in [1.807, 2.05) is 0 Å². The predicted octanol–water partition coefficient (Wildman–Crippen LogP) is 2.52. The molecule has 2 fully saturated rings. The topological polar surface area (TPSA) is 41.9 Å². The van der Waals surface area contributed by atoms with E-state index in [0.717, 1.165) is 50.9 Å². The highest BCUT2D eigenvalue weighted by atomic mass is 19.1. The van der Waals surface area contributed by atoms with Gasteiger partial charge in [0.1, 0.15) is 5.82 Å². The summed E-state index contributed by atoms with van der Waals surface area (Å²) in [5.41, 5.74) is 0.767. The second-order valence-corrected chi connectivity index (χ2v) is 6.54. The third-order valence-electron chi connectivity index (χ3n) is 4.76. The van der Waals surface area contributed by atoms with Crippen LogP contribution in [0.3, 0.4) is 0 Å². The first-order valence-corrected chi connectivity index (χ1v) is 8.60. The molecule has 1 aromatic carbocycles. The van der Waals surface area contributed by atoms with Crippen LogP contribution in [-0.2, 0) is 9.47 Å². The van der Waals surface area contributed by atoms with Gasteiger partial charge in [0.2, 0.25) is 0 Å². The number of aliphatic hydroxyl groups excluding tert-OH is 1. The van der Waals surface area contributed by atoms with Gasteiger partial charge in [-0.25, -0.2) is 4.39 Å². The van der Waals surface area contributed by atoms with E-state index in [-0.39, 0.29) is 11.9 Å². The third kappa shape index (κ3) is 4.98. The molecule has 2 aliphatic heterocycles. The molecule has 2 heterocycles. The summed E-state index contributed by atoms with van der Waals surface area (Å²) in [6, 6.07) is 6.09. The van der Waals surface area contributed by atoms with Crippen molar-refractivity contribution in [2.45, 2.75) is 44.0 Å². The molecule has 2 saturated heterocycles. The minimum Gasteiger partial charge on any atom is -0.387 e. The highest BCUT2D eigenvalue weighted by Crippen LogP contribution is 2.20. The van der Waals surface area contributed by atoms with Crippen LogP contribution >= 0.6 is 0 Å². The van der Waals surface area contributed by atoms with Crippen LogP contribution in [0.15, 0.2) is 24.3 Å². The van der Waals surface area contributed by atoms with Gasteiger partial charge in [-0.05, 0) is 43.4 Å². The first-order valence-electron chi connectivity index (χ1n) is 8.60. The van der Waals surface area contributed by atoms with Gasteiger partial charge in [-0.1, -0.05) is 12.1 Å². The van der Waals surface area contributed by atoms with Gasteiger partial charge >= 0.3 is 0 Å². The fourth-order valence-electron chi connectivity index (χ4n) is 3.31. The zero-order valence-electron chi connectivity index (χ0n) is 13.5. The summed E-state index contributed by atoms with van der Waals surface area (Å²) >= 11 is 0. The van der Waals surface area contributed by atoms with Gasteiger partial charge in [0, 0.05) is 26.2 Å². The lowest BCUT2D eigenvalue weighted by molar-refractivity contribution is -0.0453. The molecule has 2 unspecified atom stereocenters. The van der Waals surface area contributed by atoms with Gasteiger partial charge in [-0.3, -0.25) is 0 Å². The number of hydrogen-bond acceptors (Lipinski definition) is 4. The first-order chi connectivity index (χ1) is 11.2. The number of benzene rings is 1. The zero-order chi connectivity index (χ0) is 16.1. The maximum absolute atomic E-state index is 12.9. The Morgan fingerprint density at radius 2 is 1.96 bits per heavy atom. The van der Waals surface area contributed by atoms with Gasteiger partial charge in [0.05, 0.1) is 24.9 Å². The molecule has 128 valence electrons. The van der Waals surface area contributed by atoms with Crippen molar-refractivity contribution in [2.75, 3.05) is 32.8 Å². The molecule has 0 saturated carbocycles. The second kappa shape index (κ2) is 8.20. The minimum absolute atomic E-state index is 0.273. The molecule has 0 radical (unpaired) electrons. The van der Waals surface area contributed by atoms with E-state index in [2.05, 4.69) is 4.90 Å². The maximum atomic E-state index is 12.9. The lowest BCUT2D eigenvalue weighted by Crippen LogP contribution is -2.39. The predicted molar refractivity (Wildman–Crippen MR) is 85.7 cm³/mol. The molecule has 0 aliphatic carbocycles. The average molecular weight is 323 g/mol. The van der Waals surface area contributed by atoms with Crippen molar-refractivity contribution in [1.29, 1.82) is 0 Å². The average Bonchev–Trinajstić information content (AvgIpc) is 3.08. The monoisotopic (exact) mass is 323 g/mol. The third-order valence-corrected chi connectivity index (χ3v) is 4.76. The lowest BCUT2D eigenvalue weighted by atomic mass is 10.0. The summed E-state index contributed by atoms with van der Waals surface area (Å²) in [5.74, 6) is -0.273. The van der Waals surface area contributed by atoms with Gasteiger partial charge in [-0.2, -0.15) is 0 Å². The number of halogens is 1. The van der Waals surface area contributed by atoms with Crippen LogP contribution in [0.4, 0.5) is 4.39 Å². The van der Waals surface area contributed by atoms with Crippen molar-refractivity contribution in [2.24, 2.45) is 0 Å². The number of ether oxygens (including phenoxy) is 2. The molecule has 3 rings (SSSR count). The Balaban J connectivity index is 1.37. The number of rotatable bonds is 6. The van der Waals surface area contributed by atoms with E-state index in [0.29, 0.717) is 19.3 Å². The summed E-state index contributed by atoms with van der Waals surface area (Å²) < 4.78 is 24.5. The Morgan fingerprint density at radius 3 is 2.61 bits per heavy atom. The van der Waals surface area contributed by atoms with Crippen LogP contribution in [0.2, 0.25) is 0 Å². The number of likely N-dealkylation sites (tertiary alicyclic amines) is 1. The number of β-amino-alcohol motifs (C(OH)–C–C–N with tert-alkyl or cyclic N) is 1. The highest BCUT2D eigenvalue weighted by molar-refractivity contribution is 5.18. The van der Waals surface area contributed by atoms with E-state index in [1.54, 1.807) is 12.1 Å². The fraction of sp³-hybridized carbons (Fsp3) is 0.667. The molecule has 5 heteroatoms. The van der Waals surface area contributed by atoms with Crippen molar-refractivity contribution >= 4 is 0 Å². The molecule has 2 aliphatic rings. The van der Waals surface area contributed by atoms with E-state index in [9.17, 15) is 9.50 Å². The summed E-state index contributed by atoms with van der Waals surface area (Å²) in [4.78, 5) is 2.25. The zero-order valence-corrected chi connectivity index (χ0v) is 13.5.